The van der Waals surface area contributed by atoms with E-state index < -0.39 is 0 Å². The maximum atomic E-state index is 10.4. The molecule has 0 fully saturated rings. The van der Waals surface area contributed by atoms with Crippen molar-refractivity contribution in [3.05, 3.63) is 0 Å². The molecule has 0 bridgehead atoms. The molecule has 0 atom stereocenters. The summed E-state index contributed by atoms with van der Waals surface area (Å²) in [4.78, 5) is 10.4. The molecule has 1 amide bonds. The normalized spacial score (nSPS) is 9.40. The van der Waals surface area contributed by atoms with Gasteiger partial charge in [-0.25, -0.2) is 0 Å². The van der Waals surface area contributed by atoms with Crippen LogP contribution in [0.25, 0.3) is 0 Å². The largest absolute Gasteiger partial charge is 0.355 e. The number of carbonyl (C=O) groups is 1. The van der Waals surface area contributed by atoms with Crippen molar-refractivity contribution in [1.29, 1.82) is 0 Å². The van der Waals surface area contributed by atoms with E-state index in [2.05, 4.69) is 5.32 Å². The second-order valence-corrected chi connectivity index (χ2v) is 2.12. The topological polar surface area (TPSA) is 47.6 Å². The quantitative estimate of drug-likeness (QED) is 0.383. The molecule has 0 spiro atoms. The fraction of sp³-hybridized carbons (Fsp3) is 0.800. The lowest BCUT2D eigenvalue weighted by atomic mass is 10.9. The first-order valence-electron chi connectivity index (χ1n) is 2.90. The highest BCUT2D eigenvalue weighted by atomic mass is 32.2. The molecule has 0 unspecified atom stereocenters. The minimum absolute atomic E-state index is 0.147. The number of carbonyl (C=O) groups excluding carboxylic acids is 1. The second kappa shape index (κ2) is 6.85. The van der Waals surface area contributed by atoms with Crippen LogP contribution in [0.15, 0.2) is 0 Å². The number of nitrogens with one attached hydrogen (secondary N) is 1. The number of hydrogen-bond donors (Lipinski definition) is 1. The Hall–Kier alpha value is -0.260. The Morgan fingerprint density at radius 3 is 2.90 bits per heavy atom. The molecule has 4 nitrogen and oxygen atoms in total. The number of hydrogen-bond acceptors (Lipinski definition) is 4. The van der Waals surface area contributed by atoms with Gasteiger partial charge >= 0.3 is 5.24 Å². The van der Waals surface area contributed by atoms with Crippen LogP contribution >= 0.6 is 12.0 Å². The zero-order chi connectivity index (χ0) is 7.82. The zero-order valence-corrected chi connectivity index (χ0v) is 6.86. The molecule has 0 aliphatic carbocycles. The van der Waals surface area contributed by atoms with Crippen molar-refractivity contribution in [3.63, 3.8) is 0 Å². The highest BCUT2D eigenvalue weighted by molar-refractivity contribution is 8.09. The van der Waals surface area contributed by atoms with E-state index in [-0.39, 0.29) is 12.0 Å². The minimum Gasteiger partial charge on any atom is -0.355 e. The Balaban J connectivity index is 2.96. The Bertz CT molecular complexity index is 98.9. The summed E-state index contributed by atoms with van der Waals surface area (Å²) in [6, 6.07) is 0. The lowest BCUT2D eigenvalue weighted by molar-refractivity contribution is 0.0361. The van der Waals surface area contributed by atoms with Gasteiger partial charge in [0.05, 0.1) is 12.0 Å². The first-order chi connectivity index (χ1) is 4.81. The molecule has 0 radical (unpaired) electrons. The Kier molecular flexibility index (Phi) is 6.68. The van der Waals surface area contributed by atoms with Gasteiger partial charge in [0.1, 0.15) is 0 Å². The summed E-state index contributed by atoms with van der Waals surface area (Å²) >= 11 is 0.741. The van der Waals surface area contributed by atoms with Gasteiger partial charge in [0.15, 0.2) is 6.79 Å². The summed E-state index contributed by atoms with van der Waals surface area (Å²) in [5.41, 5.74) is 0. The fourth-order valence-corrected chi connectivity index (χ4v) is 0.543. The van der Waals surface area contributed by atoms with Gasteiger partial charge in [0, 0.05) is 13.7 Å². The summed E-state index contributed by atoms with van der Waals surface area (Å²) in [6.07, 6.45) is 0. The average molecular weight is 165 g/mol. The zero-order valence-electron chi connectivity index (χ0n) is 6.05. The van der Waals surface area contributed by atoms with Crippen molar-refractivity contribution in [2.75, 3.05) is 20.4 Å². The van der Waals surface area contributed by atoms with Crippen molar-refractivity contribution in [2.24, 2.45) is 0 Å². The van der Waals surface area contributed by atoms with E-state index in [1.807, 2.05) is 6.92 Å². The second-order valence-electron chi connectivity index (χ2n) is 1.35. The van der Waals surface area contributed by atoms with Crippen LogP contribution in [0.2, 0.25) is 0 Å². The highest BCUT2D eigenvalue weighted by Gasteiger charge is 1.96. The molecule has 0 heterocycles. The molecule has 5 heteroatoms. The predicted molar refractivity (Wildman–Crippen MR) is 39.6 cm³/mol. The smallest absolute Gasteiger partial charge is 0.305 e. The van der Waals surface area contributed by atoms with Crippen LogP contribution in [-0.4, -0.2) is 25.7 Å². The van der Waals surface area contributed by atoms with Crippen LogP contribution in [0.4, 0.5) is 4.79 Å². The molecule has 0 aromatic rings. The van der Waals surface area contributed by atoms with Crippen LogP contribution in [0, 0.1) is 0 Å². The molecular formula is C5H11NO3S. The third-order valence-electron chi connectivity index (χ3n) is 0.674. The number of ether oxygens (including phenoxy) is 1. The molecule has 0 rings (SSSR count). The van der Waals surface area contributed by atoms with E-state index in [1.54, 1.807) is 7.05 Å². The number of rotatable bonds is 4. The molecule has 0 aromatic heterocycles. The summed E-state index contributed by atoms with van der Waals surface area (Å²) in [6.45, 7) is 2.59. The first-order valence-corrected chi connectivity index (χ1v) is 3.64. The molecule has 60 valence electrons. The van der Waals surface area contributed by atoms with Gasteiger partial charge in [0.2, 0.25) is 0 Å². The van der Waals surface area contributed by atoms with Gasteiger partial charge in [-0.1, -0.05) is 0 Å². The lowest BCUT2D eigenvalue weighted by Gasteiger charge is -1.99. The SMILES string of the molecule is CCOCOSC(=O)NC. The Labute approximate surface area is 64.5 Å². The molecule has 0 saturated carbocycles. The predicted octanol–water partition coefficient (Wildman–Crippen LogP) is 0.985. The maximum absolute atomic E-state index is 10.4. The van der Waals surface area contributed by atoms with Crippen LogP contribution in [0.3, 0.4) is 0 Å². The van der Waals surface area contributed by atoms with E-state index in [9.17, 15) is 4.79 Å². The van der Waals surface area contributed by atoms with Gasteiger partial charge in [-0.3, -0.25) is 8.98 Å². The van der Waals surface area contributed by atoms with Crippen LogP contribution in [-0.2, 0) is 8.92 Å². The van der Waals surface area contributed by atoms with Gasteiger partial charge in [-0.2, -0.15) is 0 Å². The van der Waals surface area contributed by atoms with E-state index >= 15 is 0 Å². The van der Waals surface area contributed by atoms with E-state index in [0.29, 0.717) is 6.61 Å². The molecule has 0 aliphatic rings. The van der Waals surface area contributed by atoms with Crippen LogP contribution in [0.1, 0.15) is 6.92 Å². The fourth-order valence-electron chi connectivity index (χ4n) is 0.237. The highest BCUT2D eigenvalue weighted by Crippen LogP contribution is 2.01. The van der Waals surface area contributed by atoms with Crippen LogP contribution in [0.5, 0.6) is 0 Å². The van der Waals surface area contributed by atoms with Gasteiger partial charge < -0.3 is 10.1 Å². The summed E-state index contributed by atoms with van der Waals surface area (Å²) in [5, 5.41) is 2.16. The van der Waals surface area contributed by atoms with E-state index in [4.69, 9.17) is 8.92 Å². The molecule has 0 aromatic carbocycles. The van der Waals surface area contributed by atoms with E-state index in [1.165, 1.54) is 0 Å². The van der Waals surface area contributed by atoms with Crippen molar-refractivity contribution >= 4 is 17.3 Å². The summed E-state index contributed by atoms with van der Waals surface area (Å²) in [5.74, 6) is 0. The van der Waals surface area contributed by atoms with E-state index in [0.717, 1.165) is 12.0 Å². The average Bonchev–Trinajstić information content (AvgIpc) is 1.98. The first kappa shape index (κ1) is 9.74. The molecule has 10 heavy (non-hydrogen) atoms. The third-order valence-corrected chi connectivity index (χ3v) is 1.24. The van der Waals surface area contributed by atoms with Crippen molar-refractivity contribution < 1.29 is 13.7 Å². The molecule has 1 N–H and O–H groups in total. The standard InChI is InChI=1S/C5H11NO3S/c1-3-8-4-9-10-5(7)6-2/h3-4H2,1-2H3,(H,6,7). The maximum Gasteiger partial charge on any atom is 0.305 e. The van der Waals surface area contributed by atoms with Gasteiger partial charge in [-0.15, -0.1) is 0 Å². The van der Waals surface area contributed by atoms with Crippen molar-refractivity contribution in [1.82, 2.24) is 5.32 Å². The van der Waals surface area contributed by atoms with Gasteiger partial charge in [-0.05, 0) is 6.92 Å². The van der Waals surface area contributed by atoms with Gasteiger partial charge in [0.25, 0.3) is 0 Å². The van der Waals surface area contributed by atoms with Crippen molar-refractivity contribution in [3.8, 4) is 0 Å². The summed E-state index contributed by atoms with van der Waals surface area (Å²) < 4.78 is 9.51. The molecular weight excluding hydrogens is 154 g/mol. The lowest BCUT2D eigenvalue weighted by Crippen LogP contribution is -2.12. The van der Waals surface area contributed by atoms with Crippen molar-refractivity contribution in [2.45, 2.75) is 6.92 Å². The third kappa shape index (κ3) is 5.87. The monoisotopic (exact) mass is 165 g/mol. The Morgan fingerprint density at radius 2 is 2.40 bits per heavy atom. The molecule has 0 saturated heterocycles. The summed E-state index contributed by atoms with van der Waals surface area (Å²) in [7, 11) is 1.54. The molecule has 0 aliphatic heterocycles. The Morgan fingerprint density at radius 1 is 1.70 bits per heavy atom. The minimum atomic E-state index is -0.222. The van der Waals surface area contributed by atoms with Crippen LogP contribution < -0.4 is 5.32 Å². The number of amides is 1.